The predicted molar refractivity (Wildman–Crippen MR) is 97.7 cm³/mol. The number of anilines is 1. The molecule has 3 rings (SSSR count). The Bertz CT molecular complexity index is 918. The third kappa shape index (κ3) is 3.54. The molecule has 25 heavy (non-hydrogen) atoms. The highest BCUT2D eigenvalue weighted by Gasteiger charge is 2.21. The maximum Gasteiger partial charge on any atom is 0.339 e. The molecule has 2 N–H and O–H groups in total. The fraction of sp³-hybridized carbons (Fsp3) is 0.0526. The molecule has 0 unspecified atom stereocenters. The molecule has 3 aromatic rings. The first kappa shape index (κ1) is 16.7. The Kier molecular flexibility index (Phi) is 4.81. The zero-order valence-electron chi connectivity index (χ0n) is 13.4. The molecule has 0 spiro atoms. The molecule has 0 atom stereocenters. The standard InChI is InChI=1S/C19H15NO4S/c1-24-14-9-5-8-13(10-14)17(21)20-18-16(19(22)23)15(11-25-18)12-6-3-2-4-7-12/h2-11H,1H3,(H,20,21)(H,22,23). The van der Waals surface area contributed by atoms with Gasteiger partial charge in [0.15, 0.2) is 0 Å². The number of amides is 1. The fourth-order valence-electron chi connectivity index (χ4n) is 2.43. The number of carbonyl (C=O) groups is 2. The van der Waals surface area contributed by atoms with Crippen LogP contribution in [-0.4, -0.2) is 24.1 Å². The van der Waals surface area contributed by atoms with Crippen molar-refractivity contribution in [1.82, 2.24) is 0 Å². The minimum atomic E-state index is -1.08. The van der Waals surface area contributed by atoms with Gasteiger partial charge in [0.05, 0.1) is 7.11 Å². The number of hydrogen-bond acceptors (Lipinski definition) is 4. The number of methoxy groups -OCH3 is 1. The van der Waals surface area contributed by atoms with Crippen molar-refractivity contribution in [3.8, 4) is 16.9 Å². The second-order valence-electron chi connectivity index (χ2n) is 5.21. The van der Waals surface area contributed by atoms with Gasteiger partial charge in [-0.25, -0.2) is 4.79 Å². The van der Waals surface area contributed by atoms with Crippen LogP contribution in [0, 0.1) is 0 Å². The summed E-state index contributed by atoms with van der Waals surface area (Å²) >= 11 is 1.19. The number of carboxylic acid groups (broad SMARTS) is 1. The van der Waals surface area contributed by atoms with Gasteiger partial charge in [0, 0.05) is 16.5 Å². The number of rotatable bonds is 5. The quantitative estimate of drug-likeness (QED) is 0.714. The molecule has 0 aliphatic rings. The number of carboxylic acids is 1. The van der Waals surface area contributed by atoms with Crippen LogP contribution >= 0.6 is 11.3 Å². The lowest BCUT2D eigenvalue weighted by Crippen LogP contribution is -2.13. The minimum absolute atomic E-state index is 0.0902. The molecule has 0 bridgehead atoms. The van der Waals surface area contributed by atoms with Crippen LogP contribution in [0.4, 0.5) is 5.00 Å². The molecule has 6 heteroatoms. The van der Waals surface area contributed by atoms with Gasteiger partial charge in [-0.15, -0.1) is 11.3 Å². The summed E-state index contributed by atoms with van der Waals surface area (Å²) in [5.41, 5.74) is 1.86. The van der Waals surface area contributed by atoms with Crippen molar-refractivity contribution < 1.29 is 19.4 Å². The maximum absolute atomic E-state index is 12.4. The molecule has 0 aliphatic carbocycles. The molecule has 1 amide bonds. The van der Waals surface area contributed by atoms with Gasteiger partial charge in [-0.1, -0.05) is 36.4 Å². The lowest BCUT2D eigenvalue weighted by Gasteiger charge is -2.07. The predicted octanol–water partition coefficient (Wildman–Crippen LogP) is 4.37. The number of benzene rings is 2. The summed E-state index contributed by atoms with van der Waals surface area (Å²) in [6, 6.07) is 15.9. The van der Waals surface area contributed by atoms with Crippen molar-refractivity contribution in [2.75, 3.05) is 12.4 Å². The largest absolute Gasteiger partial charge is 0.497 e. The van der Waals surface area contributed by atoms with Gasteiger partial charge in [0.1, 0.15) is 16.3 Å². The number of nitrogens with one attached hydrogen (secondary N) is 1. The molecule has 126 valence electrons. The third-order valence-electron chi connectivity index (χ3n) is 3.65. The topological polar surface area (TPSA) is 75.6 Å². The van der Waals surface area contributed by atoms with E-state index in [1.54, 1.807) is 29.6 Å². The van der Waals surface area contributed by atoms with E-state index in [1.807, 2.05) is 30.3 Å². The molecular weight excluding hydrogens is 338 g/mol. The van der Waals surface area contributed by atoms with Gasteiger partial charge >= 0.3 is 5.97 Å². The van der Waals surface area contributed by atoms with Crippen molar-refractivity contribution in [2.24, 2.45) is 0 Å². The van der Waals surface area contributed by atoms with Gasteiger partial charge in [0.25, 0.3) is 5.91 Å². The Balaban J connectivity index is 1.94. The van der Waals surface area contributed by atoms with Crippen molar-refractivity contribution >= 4 is 28.2 Å². The van der Waals surface area contributed by atoms with E-state index in [0.29, 0.717) is 21.9 Å². The van der Waals surface area contributed by atoms with Crippen LogP contribution in [0.25, 0.3) is 11.1 Å². The molecule has 2 aromatic carbocycles. The van der Waals surface area contributed by atoms with E-state index in [4.69, 9.17) is 4.74 Å². The van der Waals surface area contributed by atoms with Gasteiger partial charge < -0.3 is 15.2 Å². The Morgan fingerprint density at radius 1 is 1.08 bits per heavy atom. The number of thiophene rings is 1. The number of ether oxygens (including phenoxy) is 1. The summed E-state index contributed by atoms with van der Waals surface area (Å²) in [6.07, 6.45) is 0. The lowest BCUT2D eigenvalue weighted by molar-refractivity contribution is 0.0699. The first-order chi connectivity index (χ1) is 12.1. The Morgan fingerprint density at radius 3 is 2.52 bits per heavy atom. The summed E-state index contributed by atoms with van der Waals surface area (Å²) in [4.78, 5) is 24.2. The molecule has 5 nitrogen and oxygen atoms in total. The van der Waals surface area contributed by atoms with Crippen LogP contribution < -0.4 is 10.1 Å². The van der Waals surface area contributed by atoms with Crippen molar-refractivity contribution in [3.63, 3.8) is 0 Å². The first-order valence-electron chi connectivity index (χ1n) is 7.45. The molecule has 1 heterocycles. The van der Waals surface area contributed by atoms with Gasteiger partial charge in [-0.05, 0) is 23.8 Å². The summed E-state index contributed by atoms with van der Waals surface area (Å²) < 4.78 is 5.11. The van der Waals surface area contributed by atoms with Gasteiger partial charge in [0.2, 0.25) is 0 Å². The monoisotopic (exact) mass is 353 g/mol. The van der Waals surface area contributed by atoms with E-state index < -0.39 is 5.97 Å². The van der Waals surface area contributed by atoms with Crippen LogP contribution in [0.3, 0.4) is 0 Å². The number of carbonyl (C=O) groups excluding carboxylic acids is 1. The average molecular weight is 353 g/mol. The summed E-state index contributed by atoms with van der Waals surface area (Å²) in [7, 11) is 1.52. The van der Waals surface area contributed by atoms with Crippen molar-refractivity contribution in [1.29, 1.82) is 0 Å². The number of aromatic carboxylic acids is 1. The fourth-order valence-corrected chi connectivity index (χ4v) is 3.39. The average Bonchev–Trinajstić information content (AvgIpc) is 3.06. The SMILES string of the molecule is COc1cccc(C(=O)Nc2scc(-c3ccccc3)c2C(=O)O)c1. The van der Waals surface area contributed by atoms with E-state index in [-0.39, 0.29) is 11.5 Å². The van der Waals surface area contributed by atoms with Gasteiger partial charge in [-0.2, -0.15) is 0 Å². The lowest BCUT2D eigenvalue weighted by atomic mass is 10.0. The van der Waals surface area contributed by atoms with E-state index in [0.717, 1.165) is 5.56 Å². The summed E-state index contributed by atoms with van der Waals surface area (Å²) in [5, 5.41) is 14.3. The highest BCUT2D eigenvalue weighted by Crippen LogP contribution is 2.35. The summed E-state index contributed by atoms with van der Waals surface area (Å²) in [5.74, 6) is -0.911. The van der Waals surface area contributed by atoms with Crippen LogP contribution in [0.15, 0.2) is 60.0 Å². The van der Waals surface area contributed by atoms with Crippen LogP contribution in [-0.2, 0) is 0 Å². The molecule has 1 aromatic heterocycles. The zero-order chi connectivity index (χ0) is 17.8. The third-order valence-corrected chi connectivity index (χ3v) is 4.54. The second-order valence-corrected chi connectivity index (χ2v) is 6.09. The molecule has 0 aliphatic heterocycles. The zero-order valence-corrected chi connectivity index (χ0v) is 14.2. The minimum Gasteiger partial charge on any atom is -0.497 e. The van der Waals surface area contributed by atoms with Gasteiger partial charge in [-0.3, -0.25) is 4.79 Å². The Morgan fingerprint density at radius 2 is 1.84 bits per heavy atom. The van der Waals surface area contributed by atoms with E-state index in [2.05, 4.69) is 5.32 Å². The molecule has 0 radical (unpaired) electrons. The normalized spacial score (nSPS) is 10.3. The van der Waals surface area contributed by atoms with Crippen LogP contribution in [0.1, 0.15) is 20.7 Å². The smallest absolute Gasteiger partial charge is 0.339 e. The van der Waals surface area contributed by atoms with Crippen LogP contribution in [0.5, 0.6) is 5.75 Å². The van der Waals surface area contributed by atoms with E-state index in [9.17, 15) is 14.7 Å². The highest BCUT2D eigenvalue weighted by molar-refractivity contribution is 7.15. The van der Waals surface area contributed by atoms with Crippen LogP contribution in [0.2, 0.25) is 0 Å². The number of hydrogen-bond donors (Lipinski definition) is 2. The second kappa shape index (κ2) is 7.19. The molecule has 0 saturated heterocycles. The van der Waals surface area contributed by atoms with Crippen molar-refractivity contribution in [3.05, 3.63) is 71.1 Å². The molecule has 0 fully saturated rings. The molecule has 0 saturated carbocycles. The van der Waals surface area contributed by atoms with E-state index >= 15 is 0 Å². The Labute approximate surface area is 148 Å². The summed E-state index contributed by atoms with van der Waals surface area (Å²) in [6.45, 7) is 0. The van der Waals surface area contributed by atoms with E-state index in [1.165, 1.54) is 18.4 Å². The molecular formula is C19H15NO4S. The first-order valence-corrected chi connectivity index (χ1v) is 8.33. The maximum atomic E-state index is 12.4. The van der Waals surface area contributed by atoms with Crippen molar-refractivity contribution in [2.45, 2.75) is 0 Å². The highest BCUT2D eigenvalue weighted by atomic mass is 32.1. The Hall–Kier alpha value is -3.12.